The molecular weight excluding hydrogens is 680 g/mol. The van der Waals surface area contributed by atoms with Crippen LogP contribution in [0.25, 0.3) is 10.1 Å². The number of alkyl halides is 1. The molecule has 240 valence electrons. The fourth-order valence-corrected chi connectivity index (χ4v) is 8.93. The number of rotatable bonds is 10. The van der Waals surface area contributed by atoms with Gasteiger partial charge in [-0.2, -0.15) is 0 Å². The number of nitrogens with one attached hydrogen (secondary N) is 1. The Morgan fingerprint density at radius 1 is 1.28 bits per heavy atom. The average molecular weight is 705 g/mol. The molecule has 46 heavy (non-hydrogen) atoms. The van der Waals surface area contributed by atoms with E-state index in [0.717, 1.165) is 43.9 Å². The number of thioether (sulfide) groups is 2. The third-order valence-corrected chi connectivity index (χ3v) is 11.2. The molecule has 1 aromatic carbocycles. The summed E-state index contributed by atoms with van der Waals surface area (Å²) in [5, 5.41) is 19.2. The van der Waals surface area contributed by atoms with Gasteiger partial charge in [-0.15, -0.1) is 34.4 Å². The minimum atomic E-state index is -1.30. The van der Waals surface area contributed by atoms with Crippen LogP contribution in [0.15, 0.2) is 66.6 Å². The molecule has 13 nitrogen and oxygen atoms in total. The van der Waals surface area contributed by atoms with E-state index < -0.39 is 36.1 Å². The fourth-order valence-electron chi connectivity index (χ4n) is 5.05. The lowest BCUT2D eigenvalue weighted by molar-refractivity contribution is -0.150. The molecule has 0 radical (unpaired) electrons. The van der Waals surface area contributed by atoms with Crippen LogP contribution in [-0.2, 0) is 24.0 Å². The van der Waals surface area contributed by atoms with Crippen molar-refractivity contribution in [1.29, 1.82) is 0 Å². The molecule has 1 unspecified atom stereocenters. The van der Waals surface area contributed by atoms with E-state index in [2.05, 4.69) is 25.2 Å². The Morgan fingerprint density at radius 2 is 2.09 bits per heavy atom. The minimum Gasteiger partial charge on any atom is -0.477 e. The number of nitrogens with two attached hydrogens (primary N) is 1. The molecule has 0 spiro atoms. The number of carbonyl (C=O) groups is 3. The molecule has 2 fully saturated rings. The zero-order valence-corrected chi connectivity index (χ0v) is 27.0. The molecule has 2 amide bonds. The number of oxime groups is 1. The Labute approximate surface area is 276 Å². The first-order valence-corrected chi connectivity index (χ1v) is 17.3. The van der Waals surface area contributed by atoms with Crippen LogP contribution in [-0.4, -0.2) is 88.8 Å². The number of benzene rings is 1. The topological polar surface area (TPSA) is 177 Å². The van der Waals surface area contributed by atoms with Gasteiger partial charge < -0.3 is 30.6 Å². The summed E-state index contributed by atoms with van der Waals surface area (Å²) in [5.41, 5.74) is 6.42. The van der Waals surface area contributed by atoms with Gasteiger partial charge in [-0.1, -0.05) is 16.9 Å². The number of thiazole rings is 1. The number of halogens is 1. The summed E-state index contributed by atoms with van der Waals surface area (Å²) in [6, 6.07) is 6.28. The number of β-lactam (4-membered cyclic amide) rings is 1. The third kappa shape index (κ3) is 6.48. The molecule has 6 rings (SSSR count). The second-order valence-corrected chi connectivity index (χ2v) is 14.2. The largest absolute Gasteiger partial charge is 0.477 e. The van der Waals surface area contributed by atoms with Crippen molar-refractivity contribution in [3.8, 4) is 0 Å². The van der Waals surface area contributed by atoms with Crippen molar-refractivity contribution in [3.05, 3.63) is 68.3 Å². The van der Waals surface area contributed by atoms with Gasteiger partial charge in [-0.05, 0) is 35.3 Å². The molecule has 3 aliphatic heterocycles. The number of fused-ring (bicyclic) bond motifs is 2. The maximum atomic E-state index is 13.1. The van der Waals surface area contributed by atoms with Gasteiger partial charge >= 0.3 is 5.97 Å². The van der Waals surface area contributed by atoms with Crippen LogP contribution in [0.5, 0.6) is 0 Å². The Hall–Kier alpha value is -3.97. The van der Waals surface area contributed by atoms with Crippen LogP contribution >= 0.6 is 46.2 Å². The number of carboxylic acid groups (broad SMARTS) is 1. The second-order valence-electron chi connectivity index (χ2n) is 9.92. The third-order valence-electron chi connectivity index (χ3n) is 7.19. The van der Waals surface area contributed by atoms with Crippen molar-refractivity contribution in [2.75, 3.05) is 49.6 Å². The molecule has 18 heteroatoms. The van der Waals surface area contributed by atoms with Crippen molar-refractivity contribution in [2.24, 2.45) is 5.16 Å². The molecule has 5 heterocycles. The number of carbonyl (C=O) groups excluding carboxylic acids is 2. The summed E-state index contributed by atoms with van der Waals surface area (Å²) in [6.45, 7) is 1.56. The van der Waals surface area contributed by atoms with E-state index in [-0.39, 0.29) is 33.4 Å². The maximum absolute atomic E-state index is 13.1. The number of anilines is 2. The quantitative estimate of drug-likeness (QED) is 0.122. The van der Waals surface area contributed by atoms with Crippen molar-refractivity contribution in [2.45, 2.75) is 15.6 Å². The molecule has 2 aromatic heterocycles. The lowest BCUT2D eigenvalue weighted by atomic mass is 10.0. The normalized spacial score (nSPS) is 20.2. The predicted octanol–water partition coefficient (Wildman–Crippen LogP) is 2.83. The predicted molar refractivity (Wildman–Crippen MR) is 176 cm³/mol. The standard InChI is InChI=1S/C28H25FN6O7S4/c29-13-42-33-21(17-12-45-28(30)31-17)24(37)32-22-25(38)35-23(27(39)40)14(11-44-26(22)35)3-8-43-20-10-18(36)16-2-1-15(9-19(16)46-20)34-4-6-41-7-5-34/h1-3,8-10,12,22,26H,4-7,11,13H2,(H2,30,31)(H,32,37)(H,39,40)/t22?,26-/m1/s1. The molecular formula is C28H25FN6O7S4. The van der Waals surface area contributed by atoms with Gasteiger partial charge in [-0.3, -0.25) is 19.3 Å². The number of nitrogen functional groups attached to an aromatic ring is 1. The first-order valence-electron chi connectivity index (χ1n) is 13.7. The number of carboxylic acids is 1. The summed E-state index contributed by atoms with van der Waals surface area (Å²) in [6.07, 6.45) is 1.62. The van der Waals surface area contributed by atoms with Crippen molar-refractivity contribution in [1.82, 2.24) is 15.2 Å². The van der Waals surface area contributed by atoms with Crippen molar-refractivity contribution >= 4 is 90.6 Å². The molecule has 3 aromatic rings. The summed E-state index contributed by atoms with van der Waals surface area (Å²) in [7, 11) is 0. The van der Waals surface area contributed by atoms with E-state index in [0.29, 0.717) is 24.2 Å². The first kappa shape index (κ1) is 32.0. The number of nitrogens with zero attached hydrogens (tertiary/aromatic N) is 4. The number of hydrogen-bond donors (Lipinski definition) is 3. The van der Waals surface area contributed by atoms with Gasteiger partial charge in [0, 0.05) is 46.1 Å². The van der Waals surface area contributed by atoms with Gasteiger partial charge in [0.25, 0.3) is 18.7 Å². The molecule has 0 bridgehead atoms. The van der Waals surface area contributed by atoms with E-state index in [1.54, 1.807) is 17.6 Å². The number of aliphatic carboxylic acids is 1. The van der Waals surface area contributed by atoms with Gasteiger partial charge in [0.2, 0.25) is 0 Å². The van der Waals surface area contributed by atoms with Crippen LogP contribution in [0.3, 0.4) is 0 Å². The van der Waals surface area contributed by atoms with E-state index >= 15 is 0 Å². The highest BCUT2D eigenvalue weighted by Gasteiger charge is 2.54. The fraction of sp³-hybridized carbons (Fsp3) is 0.286. The Balaban J connectivity index is 1.17. The smallest absolute Gasteiger partial charge is 0.352 e. The van der Waals surface area contributed by atoms with Crippen molar-refractivity contribution < 1.29 is 33.5 Å². The Morgan fingerprint density at radius 3 is 2.80 bits per heavy atom. The summed E-state index contributed by atoms with van der Waals surface area (Å²) < 4.78 is 19.6. The molecule has 0 saturated carbocycles. The second kappa shape index (κ2) is 13.8. The van der Waals surface area contributed by atoms with Crippen molar-refractivity contribution in [3.63, 3.8) is 0 Å². The SMILES string of the molecule is Nc1nc(C(=NOCF)C(=O)NC2C(=O)N3C(C(=O)O)=C(C=CSc4cc(=O)c5ccc(N6CCOCC6)cc5s4)CS[C@H]23)cs1. The van der Waals surface area contributed by atoms with Gasteiger partial charge in [0.15, 0.2) is 16.3 Å². The minimum absolute atomic E-state index is 0.0402. The first-order chi connectivity index (χ1) is 22.2. The number of hydrogen-bond acceptors (Lipinski definition) is 14. The zero-order chi connectivity index (χ0) is 32.4. The van der Waals surface area contributed by atoms with Crippen LogP contribution in [0.4, 0.5) is 15.2 Å². The van der Waals surface area contributed by atoms with E-state index in [1.807, 2.05) is 18.2 Å². The zero-order valence-electron chi connectivity index (χ0n) is 23.7. The highest BCUT2D eigenvalue weighted by molar-refractivity contribution is 8.04. The van der Waals surface area contributed by atoms with E-state index in [4.69, 9.17) is 10.5 Å². The molecule has 4 N–H and O–H groups in total. The Bertz CT molecular complexity index is 1850. The number of allylic oxidation sites excluding steroid dienone is 1. The lowest BCUT2D eigenvalue weighted by Crippen LogP contribution is -2.71. The monoisotopic (exact) mass is 704 g/mol. The van der Waals surface area contributed by atoms with Gasteiger partial charge in [-0.25, -0.2) is 14.2 Å². The molecule has 0 aliphatic carbocycles. The highest BCUT2D eigenvalue weighted by Crippen LogP contribution is 2.41. The van der Waals surface area contributed by atoms with E-state index in [1.165, 1.54) is 40.2 Å². The average Bonchev–Trinajstić information content (AvgIpc) is 3.49. The number of morpholine rings is 1. The molecule has 3 aliphatic rings. The maximum Gasteiger partial charge on any atom is 0.352 e. The lowest BCUT2D eigenvalue weighted by Gasteiger charge is -2.49. The van der Waals surface area contributed by atoms with Crippen LogP contribution in [0.2, 0.25) is 0 Å². The highest BCUT2D eigenvalue weighted by atomic mass is 32.2. The summed E-state index contributed by atoms with van der Waals surface area (Å²) in [5.74, 6) is -2.54. The van der Waals surface area contributed by atoms with Gasteiger partial charge in [0.05, 0.1) is 17.4 Å². The van der Waals surface area contributed by atoms with Crippen LogP contribution in [0.1, 0.15) is 5.69 Å². The number of aromatic nitrogens is 1. The molecule has 2 saturated heterocycles. The van der Waals surface area contributed by atoms with Crippen LogP contribution in [0, 0.1) is 0 Å². The molecule has 2 atom stereocenters. The Kier molecular flexibility index (Phi) is 9.60. The summed E-state index contributed by atoms with van der Waals surface area (Å²) >= 11 is 5.05. The van der Waals surface area contributed by atoms with E-state index in [9.17, 15) is 28.7 Å². The number of ether oxygens (including phenoxy) is 1. The number of amides is 2. The summed E-state index contributed by atoms with van der Waals surface area (Å²) in [4.78, 5) is 62.9. The van der Waals surface area contributed by atoms with Crippen LogP contribution < -0.4 is 21.4 Å². The van der Waals surface area contributed by atoms with Gasteiger partial charge in [0.1, 0.15) is 22.8 Å².